The molecule has 0 radical (unpaired) electrons. The van der Waals surface area contributed by atoms with Crippen molar-refractivity contribution < 1.29 is 14.6 Å². The van der Waals surface area contributed by atoms with E-state index in [0.29, 0.717) is 17.0 Å². The summed E-state index contributed by atoms with van der Waals surface area (Å²) in [5.74, 6) is -0.132. The Bertz CT molecular complexity index is 374. The van der Waals surface area contributed by atoms with Crippen LogP contribution in [0.5, 0.6) is 5.75 Å². The van der Waals surface area contributed by atoms with Crippen LogP contribution in [0.3, 0.4) is 0 Å². The van der Waals surface area contributed by atoms with Crippen molar-refractivity contribution in [3.05, 3.63) is 28.3 Å². The lowest BCUT2D eigenvalue weighted by molar-refractivity contribution is -0.140. The van der Waals surface area contributed by atoms with Gasteiger partial charge in [0.25, 0.3) is 0 Å². The van der Waals surface area contributed by atoms with Gasteiger partial charge >= 0.3 is 5.97 Å². The molecule has 3 nitrogen and oxygen atoms in total. The lowest BCUT2D eigenvalue weighted by Crippen LogP contribution is -2.02. The third kappa shape index (κ3) is 3.13. The fourth-order valence-corrected chi connectivity index (χ4v) is 1.43. The Morgan fingerprint density at radius 3 is 2.80 bits per heavy atom. The standard InChI is InChI=1S/C11H13ClO3/c1-7-5-10(13)8(6-9(7)12)3-4-11(14)15-2/h5-6,13H,3-4H2,1-2H3. The van der Waals surface area contributed by atoms with Crippen LogP contribution in [-0.4, -0.2) is 18.2 Å². The van der Waals surface area contributed by atoms with E-state index in [0.717, 1.165) is 5.56 Å². The molecule has 0 aliphatic rings. The van der Waals surface area contributed by atoms with Gasteiger partial charge in [-0.2, -0.15) is 0 Å². The number of aromatic hydroxyl groups is 1. The molecule has 1 aromatic rings. The molecule has 0 saturated heterocycles. The molecule has 1 rings (SSSR count). The lowest BCUT2D eigenvalue weighted by atomic mass is 10.1. The molecule has 82 valence electrons. The van der Waals surface area contributed by atoms with Gasteiger partial charge in [-0.1, -0.05) is 11.6 Å². The van der Waals surface area contributed by atoms with Crippen molar-refractivity contribution in [2.24, 2.45) is 0 Å². The summed E-state index contributed by atoms with van der Waals surface area (Å²) in [7, 11) is 1.34. The molecule has 0 unspecified atom stereocenters. The fourth-order valence-electron chi connectivity index (χ4n) is 1.25. The van der Waals surface area contributed by atoms with Gasteiger partial charge in [-0.25, -0.2) is 0 Å². The van der Waals surface area contributed by atoms with Crippen molar-refractivity contribution in [3.8, 4) is 5.75 Å². The molecule has 0 saturated carbocycles. The average Bonchev–Trinajstić information content (AvgIpc) is 2.21. The van der Waals surface area contributed by atoms with Gasteiger partial charge in [-0.05, 0) is 36.6 Å². The van der Waals surface area contributed by atoms with Crippen LogP contribution in [0, 0.1) is 6.92 Å². The number of phenolic OH excluding ortho intramolecular Hbond substituents is 1. The number of halogens is 1. The monoisotopic (exact) mass is 228 g/mol. The number of hydrogen-bond donors (Lipinski definition) is 1. The van der Waals surface area contributed by atoms with Crippen molar-refractivity contribution in [1.29, 1.82) is 0 Å². The van der Waals surface area contributed by atoms with Crippen LogP contribution in [0.1, 0.15) is 17.5 Å². The predicted molar refractivity (Wildman–Crippen MR) is 58.2 cm³/mol. The highest BCUT2D eigenvalue weighted by atomic mass is 35.5. The Morgan fingerprint density at radius 2 is 2.20 bits per heavy atom. The van der Waals surface area contributed by atoms with Gasteiger partial charge in [0, 0.05) is 11.4 Å². The SMILES string of the molecule is COC(=O)CCc1cc(Cl)c(C)cc1O. The number of benzene rings is 1. The predicted octanol–water partition coefficient (Wildman–Crippen LogP) is 2.46. The molecule has 1 N–H and O–H groups in total. The maximum absolute atomic E-state index is 10.9. The Balaban J connectivity index is 2.77. The van der Waals surface area contributed by atoms with Crippen molar-refractivity contribution in [2.75, 3.05) is 7.11 Å². The fraction of sp³-hybridized carbons (Fsp3) is 0.364. The second-order valence-corrected chi connectivity index (χ2v) is 3.71. The Morgan fingerprint density at radius 1 is 1.53 bits per heavy atom. The van der Waals surface area contributed by atoms with E-state index < -0.39 is 0 Å². The Labute approximate surface area is 93.6 Å². The van der Waals surface area contributed by atoms with E-state index >= 15 is 0 Å². The van der Waals surface area contributed by atoms with Gasteiger partial charge in [-0.15, -0.1) is 0 Å². The second-order valence-electron chi connectivity index (χ2n) is 3.31. The summed E-state index contributed by atoms with van der Waals surface area (Å²) in [6, 6.07) is 3.27. The van der Waals surface area contributed by atoms with Crippen molar-refractivity contribution in [2.45, 2.75) is 19.8 Å². The largest absolute Gasteiger partial charge is 0.508 e. The van der Waals surface area contributed by atoms with Gasteiger partial charge in [0.2, 0.25) is 0 Å². The first kappa shape index (κ1) is 11.9. The number of carbonyl (C=O) groups is 1. The molecule has 4 heteroatoms. The van der Waals surface area contributed by atoms with Crippen LogP contribution in [-0.2, 0) is 16.0 Å². The molecule has 0 spiro atoms. The van der Waals surface area contributed by atoms with Crippen molar-refractivity contribution >= 4 is 17.6 Å². The highest BCUT2D eigenvalue weighted by molar-refractivity contribution is 6.31. The summed E-state index contributed by atoms with van der Waals surface area (Å²) in [5.41, 5.74) is 1.48. The summed E-state index contributed by atoms with van der Waals surface area (Å²) in [6.45, 7) is 1.81. The van der Waals surface area contributed by atoms with E-state index in [9.17, 15) is 9.90 Å². The zero-order chi connectivity index (χ0) is 11.4. The number of methoxy groups -OCH3 is 1. The van der Waals surface area contributed by atoms with Crippen LogP contribution >= 0.6 is 11.6 Å². The molecule has 0 aliphatic heterocycles. The van der Waals surface area contributed by atoms with Gasteiger partial charge < -0.3 is 9.84 Å². The lowest BCUT2D eigenvalue weighted by Gasteiger charge is -2.06. The first-order chi connectivity index (χ1) is 7.04. The summed E-state index contributed by atoms with van der Waals surface area (Å²) in [5, 5.41) is 10.2. The molecule has 0 fully saturated rings. The summed E-state index contributed by atoms with van der Waals surface area (Å²) >= 11 is 5.91. The molecule has 0 atom stereocenters. The van der Waals surface area contributed by atoms with Crippen LogP contribution in [0.4, 0.5) is 0 Å². The average molecular weight is 229 g/mol. The van der Waals surface area contributed by atoms with Crippen LogP contribution < -0.4 is 0 Å². The molecule has 15 heavy (non-hydrogen) atoms. The Hall–Kier alpha value is -1.22. The zero-order valence-corrected chi connectivity index (χ0v) is 9.47. The maximum atomic E-state index is 10.9. The van der Waals surface area contributed by atoms with E-state index in [1.165, 1.54) is 7.11 Å². The minimum Gasteiger partial charge on any atom is -0.508 e. The van der Waals surface area contributed by atoms with E-state index in [1.807, 2.05) is 6.92 Å². The molecule has 0 bridgehead atoms. The molecule has 1 aromatic carbocycles. The Kier molecular flexibility index (Phi) is 3.97. The maximum Gasteiger partial charge on any atom is 0.305 e. The highest BCUT2D eigenvalue weighted by Crippen LogP contribution is 2.26. The van der Waals surface area contributed by atoms with E-state index in [1.54, 1.807) is 12.1 Å². The van der Waals surface area contributed by atoms with Gasteiger partial charge in [0.1, 0.15) is 5.75 Å². The van der Waals surface area contributed by atoms with Gasteiger partial charge in [-0.3, -0.25) is 4.79 Å². The minimum absolute atomic E-state index is 0.167. The molecule has 0 aliphatic carbocycles. The molecular formula is C11H13ClO3. The van der Waals surface area contributed by atoms with Crippen LogP contribution in [0.25, 0.3) is 0 Å². The number of esters is 1. The number of ether oxygens (including phenoxy) is 1. The number of aryl methyl sites for hydroxylation is 2. The quantitative estimate of drug-likeness (QED) is 0.809. The summed E-state index contributed by atoms with van der Waals surface area (Å²) < 4.78 is 4.51. The normalized spacial score (nSPS) is 10.1. The third-order valence-corrected chi connectivity index (χ3v) is 2.59. The molecule has 0 amide bonds. The molecule has 0 aromatic heterocycles. The summed E-state index contributed by atoms with van der Waals surface area (Å²) in [6.07, 6.45) is 0.669. The van der Waals surface area contributed by atoms with Gasteiger partial charge in [0.05, 0.1) is 7.11 Å². The van der Waals surface area contributed by atoms with E-state index in [4.69, 9.17) is 11.6 Å². The van der Waals surface area contributed by atoms with Crippen LogP contribution in [0.15, 0.2) is 12.1 Å². The van der Waals surface area contributed by atoms with Crippen LogP contribution in [0.2, 0.25) is 5.02 Å². The first-order valence-electron chi connectivity index (χ1n) is 4.59. The minimum atomic E-state index is -0.300. The van der Waals surface area contributed by atoms with E-state index in [2.05, 4.69) is 4.74 Å². The number of phenols is 1. The van der Waals surface area contributed by atoms with Crippen molar-refractivity contribution in [3.63, 3.8) is 0 Å². The smallest absolute Gasteiger partial charge is 0.305 e. The highest BCUT2D eigenvalue weighted by Gasteiger charge is 2.08. The summed E-state index contributed by atoms with van der Waals surface area (Å²) in [4.78, 5) is 10.9. The third-order valence-electron chi connectivity index (χ3n) is 2.19. The van der Waals surface area contributed by atoms with E-state index in [-0.39, 0.29) is 18.1 Å². The zero-order valence-electron chi connectivity index (χ0n) is 8.71. The molecule has 0 heterocycles. The number of hydrogen-bond acceptors (Lipinski definition) is 3. The van der Waals surface area contributed by atoms with Gasteiger partial charge in [0.15, 0.2) is 0 Å². The second kappa shape index (κ2) is 5.03. The first-order valence-corrected chi connectivity index (χ1v) is 4.97. The topological polar surface area (TPSA) is 46.5 Å². The number of carbonyl (C=O) groups excluding carboxylic acids is 1. The van der Waals surface area contributed by atoms with Crippen molar-refractivity contribution in [1.82, 2.24) is 0 Å². The number of rotatable bonds is 3. The molecular weight excluding hydrogens is 216 g/mol.